The Balaban J connectivity index is 0.974. The van der Waals surface area contributed by atoms with Crippen LogP contribution in [0.2, 0.25) is 0 Å². The standard InChI is InChI=1S/C33H35AsF2N8O4/c35-25-14-22(42-9-11-43(12-10-42)23-17-47-18-23)2-3-24(25)34-33-39-19-38-31(41-33)20-1-5-28(21(13-20)15-37)48-29-7-8-44(16-26(29)36)32(46)27-4-6-30(45)40-27/h1-3,5,13-14,19,23,26-27,29,34H,4,6-12,16-18H2,(H,40,45)/t26-,27?,29+/m1/s1. The van der Waals surface area contributed by atoms with Crippen LogP contribution in [0.3, 0.4) is 0 Å². The van der Waals surface area contributed by atoms with Gasteiger partial charge in [-0.1, -0.05) is 0 Å². The van der Waals surface area contributed by atoms with Crippen LogP contribution in [0, 0.1) is 17.1 Å². The first-order valence-electron chi connectivity index (χ1n) is 16.1. The number of alkyl halides is 1. The first-order valence-corrected chi connectivity index (χ1v) is 18.2. The quantitative estimate of drug-likeness (QED) is 0.318. The van der Waals surface area contributed by atoms with Crippen molar-refractivity contribution in [2.24, 2.45) is 0 Å². The van der Waals surface area contributed by atoms with E-state index in [4.69, 9.17) is 9.47 Å². The van der Waals surface area contributed by atoms with E-state index in [-0.39, 0.29) is 54.9 Å². The SMILES string of the molecule is N#Cc1cc(-c2ncnc([AsH]c3ccc(N4CCN(C5COC5)CC4)cc3F)n2)ccc1O[C@H]1CCN(C(=O)C2CCC(=O)N2)C[C@H]1F. The second kappa shape index (κ2) is 14.1. The third kappa shape index (κ3) is 6.99. The van der Waals surface area contributed by atoms with Crippen LogP contribution in [0.5, 0.6) is 5.75 Å². The zero-order valence-electron chi connectivity index (χ0n) is 26.1. The summed E-state index contributed by atoms with van der Waals surface area (Å²) in [6, 6.07) is 12.2. The molecule has 48 heavy (non-hydrogen) atoms. The zero-order valence-corrected chi connectivity index (χ0v) is 28.2. The van der Waals surface area contributed by atoms with Crippen LogP contribution in [0.15, 0.2) is 42.7 Å². The van der Waals surface area contributed by atoms with E-state index >= 15 is 8.78 Å². The van der Waals surface area contributed by atoms with E-state index in [9.17, 15) is 14.9 Å². The van der Waals surface area contributed by atoms with Crippen molar-refractivity contribution in [1.29, 1.82) is 5.26 Å². The van der Waals surface area contributed by atoms with Gasteiger partial charge in [0.15, 0.2) is 0 Å². The van der Waals surface area contributed by atoms with Crippen LogP contribution in [0.1, 0.15) is 24.8 Å². The number of anilines is 1. The van der Waals surface area contributed by atoms with Crippen molar-refractivity contribution in [2.75, 3.05) is 57.4 Å². The number of nitrogens with one attached hydrogen (secondary N) is 1. The molecular weight excluding hydrogens is 685 g/mol. The number of hydrogen-bond donors (Lipinski definition) is 1. The molecule has 12 nitrogen and oxygen atoms in total. The molecule has 2 amide bonds. The second-order valence-corrected chi connectivity index (χ2v) is 15.0. The predicted molar refractivity (Wildman–Crippen MR) is 173 cm³/mol. The van der Waals surface area contributed by atoms with Gasteiger partial charge in [-0.15, -0.1) is 0 Å². The number of amides is 2. The third-order valence-corrected chi connectivity index (χ3v) is 11.7. The molecule has 5 heterocycles. The molecule has 1 N–H and O–H groups in total. The first kappa shape index (κ1) is 32.4. The first-order chi connectivity index (χ1) is 23.3. The molecule has 0 radical (unpaired) electrons. The van der Waals surface area contributed by atoms with Crippen molar-refractivity contribution in [3.63, 3.8) is 0 Å². The molecule has 7 rings (SSSR count). The van der Waals surface area contributed by atoms with Gasteiger partial charge in [0.2, 0.25) is 11.8 Å². The Morgan fingerprint density at radius 3 is 2.60 bits per heavy atom. The monoisotopic (exact) mass is 720 g/mol. The number of aromatic nitrogens is 3. The topological polar surface area (TPSA) is 137 Å². The molecule has 1 aromatic heterocycles. The molecule has 4 atom stereocenters. The summed E-state index contributed by atoms with van der Waals surface area (Å²) in [6.45, 7) is 5.27. The van der Waals surface area contributed by atoms with Gasteiger partial charge < -0.3 is 5.32 Å². The summed E-state index contributed by atoms with van der Waals surface area (Å²) in [4.78, 5) is 43.4. The van der Waals surface area contributed by atoms with Crippen molar-refractivity contribution >= 4 is 42.2 Å². The number of ether oxygens (including phenoxy) is 2. The average Bonchev–Trinajstić information content (AvgIpc) is 3.52. The minimum absolute atomic E-state index is 0.149. The van der Waals surface area contributed by atoms with E-state index in [0.29, 0.717) is 32.8 Å². The number of hydrogen-bond acceptors (Lipinski definition) is 10. The number of piperidine rings is 1. The van der Waals surface area contributed by atoms with Gasteiger partial charge in [0, 0.05) is 6.42 Å². The molecule has 0 bridgehead atoms. The zero-order chi connectivity index (χ0) is 33.2. The molecule has 15 heteroatoms. The fourth-order valence-electron chi connectivity index (χ4n) is 6.46. The van der Waals surface area contributed by atoms with Gasteiger partial charge in [-0.05, 0) is 6.42 Å². The fourth-order valence-corrected chi connectivity index (χ4v) is 8.31. The van der Waals surface area contributed by atoms with Crippen LogP contribution >= 0.6 is 0 Å². The molecule has 3 aromatic rings. The molecule has 0 spiro atoms. The summed E-state index contributed by atoms with van der Waals surface area (Å²) in [6.07, 6.45) is 0.0218. The number of halogens is 2. The van der Waals surface area contributed by atoms with Gasteiger partial charge in [0.05, 0.1) is 0 Å². The Bertz CT molecular complexity index is 1730. The molecule has 0 aliphatic carbocycles. The Morgan fingerprint density at radius 2 is 1.92 bits per heavy atom. The summed E-state index contributed by atoms with van der Waals surface area (Å²) in [5.74, 6) is -0.171. The van der Waals surface area contributed by atoms with Gasteiger partial charge in [-0.2, -0.15) is 0 Å². The van der Waals surface area contributed by atoms with Gasteiger partial charge in [-0.3, -0.25) is 9.59 Å². The normalized spacial score (nSPS) is 23.6. The maximum atomic E-state index is 15.3. The van der Waals surface area contributed by atoms with E-state index in [0.717, 1.165) is 45.1 Å². The molecule has 2 aromatic carbocycles. The van der Waals surface area contributed by atoms with Crippen LogP contribution in [-0.4, -0.2) is 129 Å². The van der Waals surface area contributed by atoms with E-state index in [1.54, 1.807) is 24.3 Å². The van der Waals surface area contributed by atoms with Crippen molar-refractivity contribution in [3.8, 4) is 23.2 Å². The number of carbonyl (C=O) groups is 2. The van der Waals surface area contributed by atoms with Crippen LogP contribution in [0.4, 0.5) is 14.5 Å². The van der Waals surface area contributed by atoms with Gasteiger partial charge in [0.25, 0.3) is 0 Å². The molecule has 4 saturated heterocycles. The average molecular weight is 721 g/mol. The minimum atomic E-state index is -1.46. The fraction of sp³-hybridized carbons (Fsp3) is 0.455. The van der Waals surface area contributed by atoms with Crippen LogP contribution < -0.4 is 23.9 Å². The number of nitriles is 1. The molecule has 4 aliphatic heterocycles. The maximum absolute atomic E-state index is 15.3. The van der Waals surface area contributed by atoms with Crippen LogP contribution in [-0.2, 0) is 14.3 Å². The molecule has 250 valence electrons. The Labute approximate surface area is 283 Å². The Morgan fingerprint density at radius 1 is 1.08 bits per heavy atom. The molecular formula is C33H35AsF2N8O4. The number of rotatable bonds is 8. The van der Waals surface area contributed by atoms with Gasteiger partial charge >= 0.3 is 238 Å². The Hall–Kier alpha value is -4.18. The number of benzene rings is 2. The van der Waals surface area contributed by atoms with Gasteiger partial charge in [0.1, 0.15) is 6.04 Å². The number of nitrogens with zero attached hydrogens (tertiary/aromatic N) is 7. The summed E-state index contributed by atoms with van der Waals surface area (Å²) in [5, 5.41) is 12.5. The summed E-state index contributed by atoms with van der Waals surface area (Å²) >= 11 is -1.22. The van der Waals surface area contributed by atoms with Crippen molar-refractivity contribution in [1.82, 2.24) is 30.1 Å². The molecule has 0 saturated carbocycles. The third-order valence-electron chi connectivity index (χ3n) is 9.31. The van der Waals surface area contributed by atoms with Crippen molar-refractivity contribution in [3.05, 3.63) is 54.1 Å². The van der Waals surface area contributed by atoms with E-state index in [1.165, 1.54) is 11.2 Å². The Kier molecular flexibility index (Phi) is 9.52. The van der Waals surface area contributed by atoms with E-state index < -0.39 is 34.1 Å². The van der Waals surface area contributed by atoms with Crippen LogP contribution in [0.25, 0.3) is 11.4 Å². The summed E-state index contributed by atoms with van der Waals surface area (Å²) in [7, 11) is 0. The molecule has 2 unspecified atom stereocenters. The molecule has 4 aliphatic rings. The molecule has 4 fully saturated rings. The predicted octanol–water partition coefficient (Wildman–Crippen LogP) is 0.0539. The van der Waals surface area contributed by atoms with E-state index in [1.807, 2.05) is 12.1 Å². The number of carbonyl (C=O) groups excluding carboxylic acids is 2. The van der Waals surface area contributed by atoms with Crippen molar-refractivity contribution in [2.45, 2.75) is 43.6 Å². The summed E-state index contributed by atoms with van der Waals surface area (Å²) < 4.78 is 42.8. The second-order valence-electron chi connectivity index (χ2n) is 12.4. The number of likely N-dealkylation sites (tertiary alicyclic amines) is 1. The number of piperazine rings is 1. The van der Waals surface area contributed by atoms with Crippen molar-refractivity contribution < 1.29 is 27.8 Å². The summed E-state index contributed by atoms with van der Waals surface area (Å²) in [5.41, 5.74) is 1.61. The van der Waals surface area contributed by atoms with E-state index in [2.05, 4.69) is 36.1 Å². The van der Waals surface area contributed by atoms with Gasteiger partial charge in [-0.25, -0.2) is 0 Å².